The monoisotopic (exact) mass is 429 g/mol. The van der Waals surface area contributed by atoms with Crippen molar-refractivity contribution >= 4 is 40.7 Å². The zero-order valence-electron chi connectivity index (χ0n) is 17.1. The number of carbonyl (C=O) groups excluding carboxylic acids is 3. The topological polar surface area (TPSA) is 87.7 Å². The number of hydrogen-bond acceptors (Lipinski definition) is 4. The molecule has 0 unspecified atom stereocenters. The molecule has 0 radical (unpaired) electrons. The molecule has 0 spiro atoms. The average molecular weight is 430 g/mol. The first-order chi connectivity index (χ1) is 14.3. The molecule has 0 saturated carbocycles. The molecule has 2 N–H and O–H groups in total. The van der Waals surface area contributed by atoms with Crippen molar-refractivity contribution in [2.75, 3.05) is 30.4 Å². The third-order valence-electron chi connectivity index (χ3n) is 4.94. The molecular weight excluding hydrogens is 406 g/mol. The molecule has 1 aliphatic heterocycles. The normalized spacial score (nSPS) is 15.8. The molecule has 158 valence electrons. The first-order valence-electron chi connectivity index (χ1n) is 9.57. The Bertz CT molecular complexity index is 992. The maximum Gasteiger partial charge on any atom is 0.243 e. The highest BCUT2D eigenvalue weighted by Crippen LogP contribution is 2.34. The highest BCUT2D eigenvalue weighted by atomic mass is 35.5. The molecule has 0 aliphatic carbocycles. The van der Waals surface area contributed by atoms with Crippen molar-refractivity contribution in [2.24, 2.45) is 5.92 Å². The molecule has 3 amide bonds. The standard InChI is InChI=1S/C22H24ClN3O4/c1-13-4-6-17(16(23)8-13)25-20(27)11-24-22(29)15-10-21(28)26(12-15)18-9-14(2)5-7-19(18)30-3/h4-9,15H,10-12H2,1-3H3,(H,24,29)(H,25,27)/t15-/m0/s1. The van der Waals surface area contributed by atoms with E-state index in [1.54, 1.807) is 23.1 Å². The molecule has 1 aliphatic rings. The average Bonchev–Trinajstić information content (AvgIpc) is 3.10. The van der Waals surface area contributed by atoms with Gasteiger partial charge >= 0.3 is 0 Å². The Labute approximate surface area is 180 Å². The molecular formula is C22H24ClN3O4. The first-order valence-corrected chi connectivity index (χ1v) is 9.95. The minimum Gasteiger partial charge on any atom is -0.495 e. The summed E-state index contributed by atoms with van der Waals surface area (Å²) in [7, 11) is 1.54. The maximum absolute atomic E-state index is 12.5. The van der Waals surface area contributed by atoms with Crippen LogP contribution in [0.1, 0.15) is 17.5 Å². The van der Waals surface area contributed by atoms with Crippen molar-refractivity contribution in [2.45, 2.75) is 20.3 Å². The lowest BCUT2D eigenvalue weighted by atomic mass is 10.1. The molecule has 7 nitrogen and oxygen atoms in total. The quantitative estimate of drug-likeness (QED) is 0.738. The van der Waals surface area contributed by atoms with E-state index in [1.165, 1.54) is 7.11 Å². The number of nitrogens with one attached hydrogen (secondary N) is 2. The summed E-state index contributed by atoms with van der Waals surface area (Å²) in [6.07, 6.45) is 0.0777. The van der Waals surface area contributed by atoms with Crippen LogP contribution in [0.3, 0.4) is 0 Å². The Balaban J connectivity index is 1.58. The number of rotatable bonds is 6. The summed E-state index contributed by atoms with van der Waals surface area (Å²) in [6, 6.07) is 10.8. The van der Waals surface area contributed by atoms with Crippen LogP contribution in [-0.2, 0) is 14.4 Å². The van der Waals surface area contributed by atoms with Crippen LogP contribution in [0.2, 0.25) is 5.02 Å². The zero-order valence-corrected chi connectivity index (χ0v) is 17.9. The van der Waals surface area contributed by atoms with Gasteiger partial charge in [-0.1, -0.05) is 23.7 Å². The fourth-order valence-corrected chi connectivity index (χ4v) is 3.64. The van der Waals surface area contributed by atoms with Gasteiger partial charge in [0.1, 0.15) is 5.75 Å². The molecule has 1 atom stereocenters. The van der Waals surface area contributed by atoms with E-state index in [2.05, 4.69) is 10.6 Å². The summed E-state index contributed by atoms with van der Waals surface area (Å²) >= 11 is 6.11. The Morgan fingerprint density at radius 1 is 1.17 bits per heavy atom. The highest BCUT2D eigenvalue weighted by Gasteiger charge is 2.36. The van der Waals surface area contributed by atoms with Gasteiger partial charge in [-0.2, -0.15) is 0 Å². The highest BCUT2D eigenvalue weighted by molar-refractivity contribution is 6.33. The third-order valence-corrected chi connectivity index (χ3v) is 5.26. The van der Waals surface area contributed by atoms with Crippen molar-refractivity contribution in [1.82, 2.24) is 5.32 Å². The zero-order chi connectivity index (χ0) is 21.8. The van der Waals surface area contributed by atoms with Gasteiger partial charge in [0.25, 0.3) is 0 Å². The number of halogens is 1. The molecule has 0 bridgehead atoms. The van der Waals surface area contributed by atoms with Gasteiger partial charge in [0, 0.05) is 13.0 Å². The van der Waals surface area contributed by atoms with Crippen LogP contribution in [0.4, 0.5) is 11.4 Å². The number of methoxy groups -OCH3 is 1. The lowest BCUT2D eigenvalue weighted by Gasteiger charge is -2.20. The largest absolute Gasteiger partial charge is 0.495 e. The Morgan fingerprint density at radius 2 is 1.87 bits per heavy atom. The summed E-state index contributed by atoms with van der Waals surface area (Å²) in [6.45, 7) is 3.85. The Hall–Kier alpha value is -3.06. The number of ether oxygens (including phenoxy) is 1. The van der Waals surface area contributed by atoms with Crippen LogP contribution in [-0.4, -0.2) is 37.9 Å². The van der Waals surface area contributed by atoms with E-state index in [0.717, 1.165) is 11.1 Å². The lowest BCUT2D eigenvalue weighted by Crippen LogP contribution is -2.38. The maximum atomic E-state index is 12.5. The van der Waals surface area contributed by atoms with Crippen LogP contribution < -0.4 is 20.3 Å². The molecule has 1 fully saturated rings. The van der Waals surface area contributed by atoms with Gasteiger partial charge in [-0.25, -0.2) is 0 Å². The van der Waals surface area contributed by atoms with Gasteiger partial charge in [0.05, 0.1) is 36.0 Å². The van der Waals surface area contributed by atoms with Crippen molar-refractivity contribution in [3.05, 3.63) is 52.5 Å². The van der Waals surface area contributed by atoms with Gasteiger partial charge < -0.3 is 20.3 Å². The van der Waals surface area contributed by atoms with E-state index in [0.29, 0.717) is 22.1 Å². The Morgan fingerprint density at radius 3 is 2.57 bits per heavy atom. The van der Waals surface area contributed by atoms with Gasteiger partial charge in [-0.15, -0.1) is 0 Å². The minimum atomic E-state index is -0.543. The molecule has 2 aromatic carbocycles. The van der Waals surface area contributed by atoms with E-state index in [4.69, 9.17) is 16.3 Å². The molecule has 8 heteroatoms. The smallest absolute Gasteiger partial charge is 0.243 e. The van der Waals surface area contributed by atoms with E-state index in [9.17, 15) is 14.4 Å². The van der Waals surface area contributed by atoms with Crippen molar-refractivity contribution in [3.8, 4) is 5.75 Å². The van der Waals surface area contributed by atoms with Crippen molar-refractivity contribution in [3.63, 3.8) is 0 Å². The van der Waals surface area contributed by atoms with Gasteiger partial charge in [-0.05, 0) is 49.2 Å². The number of hydrogen-bond donors (Lipinski definition) is 2. The number of benzene rings is 2. The second-order valence-corrected chi connectivity index (χ2v) is 7.74. The fourth-order valence-electron chi connectivity index (χ4n) is 3.35. The van der Waals surface area contributed by atoms with Gasteiger partial charge in [-0.3, -0.25) is 14.4 Å². The number of nitrogens with zero attached hydrogens (tertiary/aromatic N) is 1. The number of amides is 3. The van der Waals surface area contributed by atoms with E-state index < -0.39 is 11.8 Å². The predicted octanol–water partition coefficient (Wildman–Crippen LogP) is 3.07. The molecule has 1 heterocycles. The molecule has 1 saturated heterocycles. The van der Waals surface area contributed by atoms with Crippen LogP contribution in [0, 0.1) is 19.8 Å². The molecule has 30 heavy (non-hydrogen) atoms. The summed E-state index contributed by atoms with van der Waals surface area (Å²) < 4.78 is 5.35. The van der Waals surface area contributed by atoms with Gasteiger partial charge in [0.2, 0.25) is 17.7 Å². The predicted molar refractivity (Wildman–Crippen MR) is 116 cm³/mol. The minimum absolute atomic E-state index is 0.0777. The van der Waals surface area contributed by atoms with E-state index in [1.807, 2.05) is 32.0 Å². The summed E-state index contributed by atoms with van der Waals surface area (Å²) in [4.78, 5) is 38.8. The van der Waals surface area contributed by atoms with Crippen LogP contribution in [0.5, 0.6) is 5.75 Å². The van der Waals surface area contributed by atoms with Crippen molar-refractivity contribution in [1.29, 1.82) is 0 Å². The van der Waals surface area contributed by atoms with Gasteiger partial charge in [0.15, 0.2) is 0 Å². The fraction of sp³-hybridized carbons (Fsp3) is 0.318. The molecule has 3 rings (SSSR count). The lowest BCUT2D eigenvalue weighted by molar-refractivity contribution is -0.127. The van der Waals surface area contributed by atoms with E-state index in [-0.39, 0.29) is 31.3 Å². The summed E-state index contributed by atoms with van der Waals surface area (Å²) in [5.41, 5.74) is 3.09. The van der Waals surface area contributed by atoms with E-state index >= 15 is 0 Å². The first kappa shape index (κ1) is 21.6. The van der Waals surface area contributed by atoms with Crippen LogP contribution in [0.15, 0.2) is 36.4 Å². The number of anilines is 2. The third kappa shape index (κ3) is 4.91. The van der Waals surface area contributed by atoms with Crippen LogP contribution >= 0.6 is 11.6 Å². The second kappa shape index (κ2) is 9.17. The summed E-state index contributed by atoms with van der Waals surface area (Å²) in [5.74, 6) is -0.865. The number of aryl methyl sites for hydroxylation is 2. The van der Waals surface area contributed by atoms with Crippen LogP contribution in [0.25, 0.3) is 0 Å². The number of carbonyl (C=O) groups is 3. The Kier molecular flexibility index (Phi) is 6.62. The second-order valence-electron chi connectivity index (χ2n) is 7.33. The molecule has 2 aromatic rings. The van der Waals surface area contributed by atoms with Crippen molar-refractivity contribution < 1.29 is 19.1 Å². The summed E-state index contributed by atoms with van der Waals surface area (Å²) in [5, 5.41) is 5.70. The SMILES string of the molecule is COc1ccc(C)cc1N1C[C@@H](C(=O)NCC(=O)Nc2ccc(C)cc2Cl)CC1=O. The molecule has 0 aromatic heterocycles.